The van der Waals surface area contributed by atoms with Gasteiger partial charge in [0.2, 0.25) is 0 Å². The van der Waals surface area contributed by atoms with E-state index in [0.29, 0.717) is 6.42 Å². The normalized spacial score (nSPS) is 12.6. The second-order valence-corrected chi connectivity index (χ2v) is 8.70. The topological polar surface area (TPSA) is 81.7 Å². The number of hydrogen-bond donors (Lipinski definition) is 1. The molecule has 0 fully saturated rings. The number of amides is 1. The molecular formula is C21H27NO5S. The van der Waals surface area contributed by atoms with Gasteiger partial charge in [0, 0.05) is 0 Å². The van der Waals surface area contributed by atoms with Crippen LogP contribution in [0.1, 0.15) is 31.4 Å². The standard InChI is InChI=1S/C21H27NO5S/c1-16(2)13-19(22-21(23)26-14-18-7-5-4-6-8-18)15-27-28(24,25)20-11-9-17(3)10-12-20/h4-12,16,19H,13-15H2,1-3H3,(H,22,23)/t19-/m0/s1. The van der Waals surface area contributed by atoms with Gasteiger partial charge in [0.05, 0.1) is 17.5 Å². The molecule has 0 bridgehead atoms. The van der Waals surface area contributed by atoms with Gasteiger partial charge in [-0.05, 0) is 37.0 Å². The number of rotatable bonds is 9. The number of benzene rings is 2. The van der Waals surface area contributed by atoms with Crippen molar-refractivity contribution >= 4 is 16.2 Å². The molecule has 0 aliphatic heterocycles. The molecule has 2 aromatic rings. The van der Waals surface area contributed by atoms with Gasteiger partial charge < -0.3 is 10.1 Å². The third-order valence-electron chi connectivity index (χ3n) is 4.02. The van der Waals surface area contributed by atoms with Gasteiger partial charge in [0.1, 0.15) is 6.61 Å². The first-order chi connectivity index (χ1) is 13.3. The van der Waals surface area contributed by atoms with E-state index in [-0.39, 0.29) is 24.0 Å². The number of carbonyl (C=O) groups is 1. The van der Waals surface area contributed by atoms with Crippen LogP contribution in [-0.4, -0.2) is 27.2 Å². The Kier molecular flexibility index (Phi) is 8.02. The molecule has 0 spiro atoms. The van der Waals surface area contributed by atoms with Crippen LogP contribution in [0.3, 0.4) is 0 Å². The van der Waals surface area contributed by atoms with Crippen molar-refractivity contribution in [3.8, 4) is 0 Å². The molecule has 28 heavy (non-hydrogen) atoms. The van der Waals surface area contributed by atoms with E-state index in [2.05, 4.69) is 5.32 Å². The molecule has 7 heteroatoms. The first-order valence-electron chi connectivity index (χ1n) is 9.19. The average Bonchev–Trinajstić information content (AvgIpc) is 2.65. The van der Waals surface area contributed by atoms with E-state index in [4.69, 9.17) is 8.92 Å². The summed E-state index contributed by atoms with van der Waals surface area (Å²) < 4.78 is 35.1. The highest BCUT2D eigenvalue weighted by molar-refractivity contribution is 7.86. The van der Waals surface area contributed by atoms with Gasteiger partial charge in [0.15, 0.2) is 0 Å². The van der Waals surface area contributed by atoms with Crippen LogP contribution in [0.2, 0.25) is 0 Å². The smallest absolute Gasteiger partial charge is 0.407 e. The van der Waals surface area contributed by atoms with Gasteiger partial charge in [-0.1, -0.05) is 61.9 Å². The zero-order valence-corrected chi connectivity index (χ0v) is 17.2. The summed E-state index contributed by atoms with van der Waals surface area (Å²) in [7, 11) is -3.89. The minimum atomic E-state index is -3.89. The Morgan fingerprint density at radius 2 is 1.68 bits per heavy atom. The van der Waals surface area contributed by atoms with Gasteiger partial charge in [-0.3, -0.25) is 4.18 Å². The second kappa shape index (κ2) is 10.2. The number of alkyl carbamates (subject to hydrolysis) is 1. The van der Waals surface area contributed by atoms with E-state index in [9.17, 15) is 13.2 Å². The SMILES string of the molecule is Cc1ccc(S(=O)(=O)OC[C@H](CC(C)C)NC(=O)OCc2ccccc2)cc1. The molecule has 0 unspecified atom stereocenters. The number of carbonyl (C=O) groups excluding carboxylic acids is 1. The zero-order valence-electron chi connectivity index (χ0n) is 16.4. The molecule has 0 saturated heterocycles. The van der Waals surface area contributed by atoms with Crippen molar-refractivity contribution in [3.63, 3.8) is 0 Å². The maximum atomic E-state index is 12.4. The molecule has 0 radical (unpaired) electrons. The molecule has 0 aliphatic carbocycles. The molecule has 0 heterocycles. The summed E-state index contributed by atoms with van der Waals surface area (Å²) in [5.41, 5.74) is 1.83. The minimum Gasteiger partial charge on any atom is -0.445 e. The molecule has 1 atom stereocenters. The van der Waals surface area contributed by atoms with Crippen LogP contribution in [0.4, 0.5) is 4.79 Å². The first-order valence-corrected chi connectivity index (χ1v) is 10.6. The van der Waals surface area contributed by atoms with Gasteiger partial charge >= 0.3 is 6.09 Å². The van der Waals surface area contributed by atoms with E-state index in [1.807, 2.05) is 51.1 Å². The summed E-state index contributed by atoms with van der Waals surface area (Å²) in [6, 6.07) is 15.3. The van der Waals surface area contributed by atoms with E-state index in [1.54, 1.807) is 12.1 Å². The van der Waals surface area contributed by atoms with Crippen molar-refractivity contribution in [3.05, 3.63) is 65.7 Å². The molecule has 152 valence electrons. The predicted molar refractivity (Wildman–Crippen MR) is 107 cm³/mol. The summed E-state index contributed by atoms with van der Waals surface area (Å²) in [6.07, 6.45) is -0.0463. The van der Waals surface area contributed by atoms with Crippen LogP contribution in [0.5, 0.6) is 0 Å². The van der Waals surface area contributed by atoms with Crippen LogP contribution in [0.15, 0.2) is 59.5 Å². The Hall–Kier alpha value is -2.38. The fourth-order valence-corrected chi connectivity index (χ4v) is 3.56. The molecule has 1 amide bonds. The highest BCUT2D eigenvalue weighted by Crippen LogP contribution is 2.15. The number of aryl methyl sites for hydroxylation is 1. The first kappa shape index (κ1) is 21.9. The van der Waals surface area contributed by atoms with Crippen molar-refractivity contribution in [2.45, 2.75) is 44.7 Å². The molecule has 0 aromatic heterocycles. The lowest BCUT2D eigenvalue weighted by atomic mass is 10.0. The molecule has 6 nitrogen and oxygen atoms in total. The Morgan fingerprint density at radius 1 is 1.04 bits per heavy atom. The van der Waals surface area contributed by atoms with Crippen molar-refractivity contribution in [1.82, 2.24) is 5.32 Å². The monoisotopic (exact) mass is 405 g/mol. The van der Waals surface area contributed by atoms with Crippen LogP contribution >= 0.6 is 0 Å². The Balaban J connectivity index is 1.93. The molecule has 2 rings (SSSR count). The molecular weight excluding hydrogens is 378 g/mol. The van der Waals surface area contributed by atoms with E-state index >= 15 is 0 Å². The highest BCUT2D eigenvalue weighted by atomic mass is 32.2. The molecule has 0 aliphatic rings. The van der Waals surface area contributed by atoms with E-state index < -0.39 is 22.3 Å². The molecule has 1 N–H and O–H groups in total. The summed E-state index contributed by atoms with van der Waals surface area (Å²) in [4.78, 5) is 12.2. The van der Waals surface area contributed by atoms with Gasteiger partial charge in [0.25, 0.3) is 10.1 Å². The van der Waals surface area contributed by atoms with Crippen molar-refractivity contribution in [2.24, 2.45) is 5.92 Å². The van der Waals surface area contributed by atoms with Gasteiger partial charge in [-0.15, -0.1) is 0 Å². The number of nitrogens with one attached hydrogen (secondary N) is 1. The van der Waals surface area contributed by atoms with Gasteiger partial charge in [-0.25, -0.2) is 4.79 Å². The number of hydrogen-bond acceptors (Lipinski definition) is 5. The summed E-state index contributed by atoms with van der Waals surface area (Å²) in [5.74, 6) is 0.241. The maximum Gasteiger partial charge on any atom is 0.407 e. The zero-order chi connectivity index (χ0) is 20.6. The Bertz CT molecular complexity index is 848. The Morgan fingerprint density at radius 3 is 2.29 bits per heavy atom. The lowest BCUT2D eigenvalue weighted by Gasteiger charge is -2.20. The van der Waals surface area contributed by atoms with Crippen molar-refractivity contribution < 1.29 is 22.1 Å². The lowest BCUT2D eigenvalue weighted by Crippen LogP contribution is -2.40. The lowest BCUT2D eigenvalue weighted by molar-refractivity contribution is 0.129. The van der Waals surface area contributed by atoms with E-state index in [1.165, 1.54) is 12.1 Å². The second-order valence-electron chi connectivity index (χ2n) is 7.08. The quantitative estimate of drug-likeness (QED) is 0.637. The summed E-state index contributed by atoms with van der Waals surface area (Å²) in [5, 5.41) is 2.70. The number of ether oxygens (including phenoxy) is 1. The predicted octanol–water partition coefficient (Wildman–Crippen LogP) is 4.04. The third kappa shape index (κ3) is 7.32. The van der Waals surface area contributed by atoms with Crippen molar-refractivity contribution in [2.75, 3.05) is 6.61 Å². The van der Waals surface area contributed by atoms with Crippen LogP contribution in [-0.2, 0) is 25.6 Å². The van der Waals surface area contributed by atoms with E-state index in [0.717, 1.165) is 11.1 Å². The van der Waals surface area contributed by atoms with Crippen molar-refractivity contribution in [1.29, 1.82) is 0 Å². The largest absolute Gasteiger partial charge is 0.445 e. The summed E-state index contributed by atoms with van der Waals surface area (Å²) in [6.45, 7) is 5.83. The minimum absolute atomic E-state index is 0.0908. The maximum absolute atomic E-state index is 12.4. The summed E-state index contributed by atoms with van der Waals surface area (Å²) >= 11 is 0. The fraction of sp³-hybridized carbons (Fsp3) is 0.381. The van der Waals surface area contributed by atoms with Crippen LogP contribution in [0.25, 0.3) is 0 Å². The van der Waals surface area contributed by atoms with Crippen LogP contribution in [0, 0.1) is 12.8 Å². The average molecular weight is 406 g/mol. The third-order valence-corrected chi connectivity index (χ3v) is 5.32. The van der Waals surface area contributed by atoms with Crippen LogP contribution < -0.4 is 5.32 Å². The van der Waals surface area contributed by atoms with Gasteiger partial charge in [-0.2, -0.15) is 8.42 Å². The highest BCUT2D eigenvalue weighted by Gasteiger charge is 2.21. The fourth-order valence-electron chi connectivity index (χ4n) is 2.61. The molecule has 0 saturated carbocycles. The molecule has 2 aromatic carbocycles. The Labute approximate surface area is 167 Å².